The molecule has 0 aromatic heterocycles. The second-order valence-corrected chi connectivity index (χ2v) is 37.0. The van der Waals surface area contributed by atoms with Crippen LogP contribution in [-0.2, 0) is 38.2 Å². The molecule has 0 N–H and O–H groups in total. The summed E-state index contributed by atoms with van der Waals surface area (Å²) in [5.41, 5.74) is -3.12. The molecule has 2 unspecified atom stereocenters. The second-order valence-electron chi connectivity index (χ2n) is 19.2. The van der Waals surface area contributed by atoms with Crippen molar-refractivity contribution in [2.75, 3.05) is 0 Å². The number of alkyl halides is 3. The predicted molar refractivity (Wildman–Crippen MR) is 255 cm³/mol. The normalized spacial score (nSPS) is 40.1. The fraction of sp³-hybridized carbons (Fsp3) is 0.791. The SMILES string of the molecule is CC(=O)O[C@H]1CC[C@@]2(C)C(=CC[C@H]3C4CC=C(OS(=O)(=O)C(F)(F)F)[C@@]4(C)CC[C@@H]32)C1.CC(=O)O[C@H]1CC[C@@]2(C)C(=CC[C@H]3C4CCC(=O)[C@@]4(C)CC[C@@H]32)C1.II.I[I-]I. The van der Waals surface area contributed by atoms with Gasteiger partial charge in [-0.05, 0) is 129 Å². The Kier molecular flexibility index (Phi) is 17.8. The maximum atomic E-state index is 12.9. The van der Waals surface area contributed by atoms with Gasteiger partial charge in [0.05, 0.1) is 0 Å². The molecular formula is C43H59F3I5O8S-. The molecule has 342 valence electrons. The summed E-state index contributed by atoms with van der Waals surface area (Å²) in [6.45, 7) is 11.7. The Bertz CT molecular complexity index is 1840. The average molecular weight is 1430 g/mol. The second kappa shape index (κ2) is 20.5. The van der Waals surface area contributed by atoms with Gasteiger partial charge in [0.1, 0.15) is 23.8 Å². The number of carbonyl (C=O) groups is 3. The van der Waals surface area contributed by atoms with Crippen molar-refractivity contribution < 1.29 is 62.9 Å². The summed E-state index contributed by atoms with van der Waals surface area (Å²) >= 11 is 9.54. The number of Topliss-reactive ketones (excluding diaryl/α,β-unsaturated/α-hetero) is 1. The number of allylic oxidation sites excluding steroid dienone is 4. The minimum absolute atomic E-state index is 0.0252. The fourth-order valence-electron chi connectivity index (χ4n) is 13.5. The van der Waals surface area contributed by atoms with Gasteiger partial charge in [-0.25, -0.2) is 0 Å². The van der Waals surface area contributed by atoms with Crippen molar-refractivity contribution >= 4 is 102 Å². The van der Waals surface area contributed by atoms with E-state index in [4.69, 9.17) is 9.47 Å². The van der Waals surface area contributed by atoms with Crippen molar-refractivity contribution in [3.8, 4) is 0 Å². The molecule has 0 heterocycles. The van der Waals surface area contributed by atoms with Crippen LogP contribution in [0.5, 0.6) is 0 Å². The van der Waals surface area contributed by atoms with Crippen LogP contribution in [0.25, 0.3) is 0 Å². The summed E-state index contributed by atoms with van der Waals surface area (Å²) < 4.78 is 77.4. The van der Waals surface area contributed by atoms with Crippen molar-refractivity contribution in [1.29, 1.82) is 0 Å². The van der Waals surface area contributed by atoms with Gasteiger partial charge in [0.2, 0.25) is 0 Å². The molecule has 8 rings (SSSR count). The van der Waals surface area contributed by atoms with E-state index in [0.717, 1.165) is 77.0 Å². The zero-order valence-corrected chi connectivity index (χ0v) is 46.8. The molecule has 0 amide bonds. The third-order valence-corrected chi connectivity index (χ3v) is 17.5. The molecule has 12 atom stereocenters. The van der Waals surface area contributed by atoms with Crippen molar-refractivity contribution in [3.63, 3.8) is 0 Å². The number of halogens is 8. The summed E-state index contributed by atoms with van der Waals surface area (Å²) in [6, 6.07) is 0. The maximum absolute atomic E-state index is 12.9. The van der Waals surface area contributed by atoms with Gasteiger partial charge >= 0.3 is 78.1 Å². The van der Waals surface area contributed by atoms with Crippen LogP contribution in [0, 0.1) is 57.2 Å². The molecule has 0 aromatic rings. The molecule has 8 aliphatic carbocycles. The molecule has 0 saturated heterocycles. The number of rotatable bonds is 4. The topological polar surface area (TPSA) is 113 Å². The Morgan fingerprint density at radius 2 is 1.10 bits per heavy atom. The van der Waals surface area contributed by atoms with Gasteiger partial charge in [0.25, 0.3) is 0 Å². The van der Waals surface area contributed by atoms with Crippen LogP contribution >= 0.6 is 74.5 Å². The van der Waals surface area contributed by atoms with Crippen molar-refractivity contribution in [2.24, 2.45) is 57.2 Å². The van der Waals surface area contributed by atoms with E-state index in [1.54, 1.807) is 6.08 Å². The molecule has 0 spiro atoms. The molecule has 8 nitrogen and oxygen atoms in total. The van der Waals surface area contributed by atoms with E-state index in [1.165, 1.54) is 31.4 Å². The minimum atomic E-state index is -5.67. The molecule has 17 heteroatoms. The van der Waals surface area contributed by atoms with E-state index in [0.29, 0.717) is 55.6 Å². The first-order valence-corrected chi connectivity index (χ1v) is 41.3. The first kappa shape index (κ1) is 52.0. The van der Waals surface area contributed by atoms with Crippen LogP contribution < -0.4 is 13.3 Å². The summed E-state index contributed by atoms with van der Waals surface area (Å²) in [5, 5.41) is 0. The van der Waals surface area contributed by atoms with Crippen molar-refractivity contribution in [2.45, 2.75) is 156 Å². The standard InChI is InChI=1S/C22H29F3O5S.C21H30O3.I3.I2/c1-13(26)29-15-8-10-20(2)14(12-15)4-5-16-17-6-7-19(21(17,3)11-9-18(16)20)30-31(27,28)22(23,24)25;1-13(22)24-15-8-10-20(2)14(12-15)4-5-16-17-6-7-19(23)21(17,3)11-9-18(16)20;1-3-2;1-2/h4,7,15-18H,5-6,8-12H2,1-3H3;4,15-18H,5-12H2,1-3H3;;/q;;-1;/t2*15-,16-,17?,18-,20-,21-;;/m00../s1. The molecule has 5 saturated carbocycles. The fourth-order valence-corrected chi connectivity index (χ4v) is 14.1. The molecule has 60 heavy (non-hydrogen) atoms. The van der Waals surface area contributed by atoms with E-state index < -0.39 is 21.0 Å². The van der Waals surface area contributed by atoms with Crippen LogP contribution in [0.3, 0.4) is 0 Å². The molecule has 0 bridgehead atoms. The van der Waals surface area contributed by atoms with Gasteiger partial charge in [-0.2, -0.15) is 21.6 Å². The Balaban J connectivity index is 0.000000211. The van der Waals surface area contributed by atoms with Crippen molar-refractivity contribution in [1.82, 2.24) is 0 Å². The first-order valence-electron chi connectivity index (χ1n) is 21.0. The zero-order chi connectivity index (χ0) is 44.6. The third-order valence-electron chi connectivity index (χ3n) is 16.5. The summed E-state index contributed by atoms with van der Waals surface area (Å²) in [4.78, 5) is 35.1. The van der Waals surface area contributed by atoms with Crippen molar-refractivity contribution in [3.05, 3.63) is 35.1 Å². The van der Waals surface area contributed by atoms with Crippen LogP contribution in [0.15, 0.2) is 35.1 Å². The van der Waals surface area contributed by atoms with Crippen LogP contribution in [0.2, 0.25) is 0 Å². The summed E-state index contributed by atoms with van der Waals surface area (Å²) in [5.74, 6) is 2.69. The molecule has 0 radical (unpaired) electrons. The Morgan fingerprint density at radius 1 is 0.683 bits per heavy atom. The van der Waals surface area contributed by atoms with Crippen LogP contribution in [0.1, 0.15) is 138 Å². The summed E-state index contributed by atoms with van der Waals surface area (Å²) in [6.07, 6.45) is 19.7. The molecule has 8 aliphatic rings. The molecule has 5 fully saturated rings. The molecule has 0 aromatic carbocycles. The number of ketones is 1. The predicted octanol–water partition coefficient (Wildman–Crippen LogP) is 10.2. The van der Waals surface area contributed by atoms with Crippen LogP contribution in [0.4, 0.5) is 13.2 Å². The number of esters is 2. The monoisotopic (exact) mass is 1430 g/mol. The third kappa shape index (κ3) is 10.3. The number of carbonyl (C=O) groups excluding carboxylic acids is 3. The molecular weight excluding hydrogens is 1370 g/mol. The van der Waals surface area contributed by atoms with E-state index in [9.17, 15) is 36.0 Å². The van der Waals surface area contributed by atoms with Crippen LogP contribution in [-0.4, -0.2) is 43.9 Å². The number of ether oxygens (including phenoxy) is 2. The number of fused-ring (bicyclic) bond motifs is 10. The van der Waals surface area contributed by atoms with E-state index in [-0.39, 0.29) is 58.0 Å². The Hall–Kier alpha value is 1.02. The van der Waals surface area contributed by atoms with E-state index in [1.807, 2.05) is 6.92 Å². The average Bonchev–Trinajstić information content (AvgIpc) is 3.66. The Morgan fingerprint density at radius 3 is 1.55 bits per heavy atom. The van der Waals surface area contributed by atoms with Gasteiger partial charge < -0.3 is 13.7 Å². The molecule has 0 aliphatic heterocycles. The summed E-state index contributed by atoms with van der Waals surface area (Å²) in [7, 11) is -5.67. The van der Waals surface area contributed by atoms with Gasteiger partial charge in [0, 0.05) is 81.2 Å². The quantitative estimate of drug-likeness (QED) is 0.0900. The van der Waals surface area contributed by atoms with E-state index >= 15 is 0 Å². The van der Waals surface area contributed by atoms with Gasteiger partial charge in [-0.15, -0.1) is 0 Å². The van der Waals surface area contributed by atoms with Gasteiger partial charge in [-0.1, -0.05) is 51.0 Å². The zero-order valence-electron chi connectivity index (χ0n) is 35.2. The first-order chi connectivity index (χ1) is 28.0. The number of hydrogen-bond acceptors (Lipinski definition) is 8. The number of hydrogen-bond donors (Lipinski definition) is 0. The van der Waals surface area contributed by atoms with Gasteiger partial charge in [-0.3, -0.25) is 14.4 Å². The Labute approximate surface area is 408 Å². The van der Waals surface area contributed by atoms with E-state index in [2.05, 4.69) is 112 Å². The van der Waals surface area contributed by atoms with Gasteiger partial charge in [0.15, 0.2) is 0 Å².